The molecule has 0 aromatic heterocycles. The van der Waals surface area contributed by atoms with Gasteiger partial charge in [-0.25, -0.2) is 0 Å². The lowest BCUT2D eigenvalue weighted by Gasteiger charge is -2.37. The molecule has 1 saturated heterocycles. The van der Waals surface area contributed by atoms with Gasteiger partial charge in [0.05, 0.1) is 5.92 Å². The number of nitrogens with one attached hydrogen (secondary N) is 1. The fourth-order valence-corrected chi connectivity index (χ4v) is 2.64. The average molecular weight is 252 g/mol. The number of carbonyl (C=O) groups is 2. The summed E-state index contributed by atoms with van der Waals surface area (Å²) >= 11 is 6.12. The van der Waals surface area contributed by atoms with Gasteiger partial charge < -0.3 is 0 Å². The summed E-state index contributed by atoms with van der Waals surface area (Å²) in [5, 5.41) is 2.94. The number of imide groups is 1. The van der Waals surface area contributed by atoms with Crippen molar-refractivity contribution in [3.05, 3.63) is 34.9 Å². The molecule has 1 unspecified atom stereocenters. The second kappa shape index (κ2) is 4.15. The molecule has 1 heterocycles. The number of amides is 2. The Morgan fingerprint density at radius 1 is 1.29 bits per heavy atom. The van der Waals surface area contributed by atoms with Gasteiger partial charge in [0.2, 0.25) is 11.8 Å². The van der Waals surface area contributed by atoms with Crippen molar-refractivity contribution in [3.8, 4) is 0 Å². The Morgan fingerprint density at radius 3 is 2.53 bits per heavy atom. The minimum Gasteiger partial charge on any atom is -0.296 e. The molecule has 1 aromatic rings. The zero-order valence-electron chi connectivity index (χ0n) is 9.79. The van der Waals surface area contributed by atoms with Crippen LogP contribution in [0.1, 0.15) is 31.7 Å². The van der Waals surface area contributed by atoms with Crippen LogP contribution in [0.2, 0.25) is 5.02 Å². The molecule has 17 heavy (non-hydrogen) atoms. The topological polar surface area (TPSA) is 46.2 Å². The van der Waals surface area contributed by atoms with Gasteiger partial charge in [-0.05, 0) is 17.0 Å². The summed E-state index contributed by atoms with van der Waals surface area (Å²) in [6, 6.07) is 7.27. The van der Waals surface area contributed by atoms with E-state index >= 15 is 0 Å². The first kappa shape index (κ1) is 12.1. The summed E-state index contributed by atoms with van der Waals surface area (Å²) in [6.07, 6.45) is 0.328. The molecule has 0 radical (unpaired) electrons. The Bertz CT molecular complexity index is 482. The molecule has 0 aliphatic carbocycles. The van der Waals surface area contributed by atoms with Crippen molar-refractivity contribution in [1.82, 2.24) is 5.32 Å². The third-order valence-corrected chi connectivity index (χ3v) is 3.48. The van der Waals surface area contributed by atoms with Crippen molar-refractivity contribution in [2.24, 2.45) is 5.41 Å². The van der Waals surface area contributed by atoms with Gasteiger partial charge in [0, 0.05) is 11.4 Å². The first-order chi connectivity index (χ1) is 7.92. The lowest BCUT2D eigenvalue weighted by molar-refractivity contribution is -0.138. The van der Waals surface area contributed by atoms with E-state index in [4.69, 9.17) is 11.6 Å². The molecule has 2 amide bonds. The molecule has 1 N–H and O–H groups in total. The van der Waals surface area contributed by atoms with Crippen molar-refractivity contribution in [1.29, 1.82) is 0 Å². The maximum Gasteiger partial charge on any atom is 0.234 e. The number of carbonyl (C=O) groups excluding carboxylic acids is 2. The molecular weight excluding hydrogens is 238 g/mol. The fraction of sp³-hybridized carbons (Fsp3) is 0.385. The van der Waals surface area contributed by atoms with E-state index in [0.29, 0.717) is 11.4 Å². The van der Waals surface area contributed by atoms with Crippen LogP contribution >= 0.6 is 11.6 Å². The molecule has 90 valence electrons. The molecule has 1 aromatic carbocycles. The van der Waals surface area contributed by atoms with Gasteiger partial charge in [-0.2, -0.15) is 0 Å². The predicted molar refractivity (Wildman–Crippen MR) is 65.7 cm³/mol. The monoisotopic (exact) mass is 251 g/mol. The van der Waals surface area contributed by atoms with Crippen molar-refractivity contribution in [3.63, 3.8) is 0 Å². The Hall–Kier alpha value is -1.35. The van der Waals surface area contributed by atoms with E-state index in [2.05, 4.69) is 5.32 Å². The fourth-order valence-electron chi connectivity index (χ4n) is 2.40. The zero-order valence-corrected chi connectivity index (χ0v) is 10.5. The highest BCUT2D eigenvalue weighted by molar-refractivity contribution is 6.31. The van der Waals surface area contributed by atoms with Crippen LogP contribution in [-0.4, -0.2) is 11.8 Å². The summed E-state index contributed by atoms with van der Waals surface area (Å²) in [7, 11) is 0. The van der Waals surface area contributed by atoms with Gasteiger partial charge >= 0.3 is 0 Å². The minimum absolute atomic E-state index is 0.219. The summed E-state index contributed by atoms with van der Waals surface area (Å²) in [5.74, 6) is -0.864. The number of piperidine rings is 1. The Balaban J connectivity index is 2.46. The maximum absolute atomic E-state index is 12.0. The van der Waals surface area contributed by atoms with Gasteiger partial charge in [-0.3, -0.25) is 14.9 Å². The van der Waals surface area contributed by atoms with Gasteiger partial charge in [0.25, 0.3) is 0 Å². The largest absolute Gasteiger partial charge is 0.296 e. The second-order valence-corrected chi connectivity index (χ2v) is 5.44. The number of rotatable bonds is 1. The molecule has 4 heteroatoms. The van der Waals surface area contributed by atoms with Gasteiger partial charge in [0.1, 0.15) is 0 Å². The smallest absolute Gasteiger partial charge is 0.234 e. The highest BCUT2D eigenvalue weighted by atomic mass is 35.5. The summed E-state index contributed by atoms with van der Waals surface area (Å²) in [5.41, 5.74) is 0.369. The number of hydrogen-bond donors (Lipinski definition) is 1. The van der Waals surface area contributed by atoms with Crippen LogP contribution < -0.4 is 5.32 Å². The standard InChI is InChI=1S/C13H14ClNO2/c1-13(2)7-10(16)15-12(17)11(13)8-5-3-4-6-9(8)14/h3-6,11H,7H2,1-2H3,(H,15,16,17). The third kappa shape index (κ3) is 2.20. The van der Waals surface area contributed by atoms with Crippen LogP contribution in [0.3, 0.4) is 0 Å². The van der Waals surface area contributed by atoms with E-state index in [1.54, 1.807) is 6.07 Å². The molecule has 2 rings (SSSR count). The van der Waals surface area contributed by atoms with E-state index in [-0.39, 0.29) is 17.7 Å². The van der Waals surface area contributed by atoms with Crippen LogP contribution in [0.5, 0.6) is 0 Å². The van der Waals surface area contributed by atoms with Crippen LogP contribution in [0.25, 0.3) is 0 Å². The number of benzene rings is 1. The minimum atomic E-state index is -0.412. The molecular formula is C13H14ClNO2. The second-order valence-electron chi connectivity index (χ2n) is 5.03. The highest BCUT2D eigenvalue weighted by Gasteiger charge is 2.43. The van der Waals surface area contributed by atoms with E-state index in [9.17, 15) is 9.59 Å². The Kier molecular flexibility index (Phi) is 2.96. The number of halogens is 1. The molecule has 0 spiro atoms. The number of hydrogen-bond acceptors (Lipinski definition) is 2. The highest BCUT2D eigenvalue weighted by Crippen LogP contribution is 2.43. The zero-order chi connectivity index (χ0) is 12.6. The molecule has 0 bridgehead atoms. The third-order valence-electron chi connectivity index (χ3n) is 3.14. The lowest BCUT2D eigenvalue weighted by atomic mass is 9.70. The Labute approximate surface area is 105 Å². The van der Waals surface area contributed by atoms with E-state index < -0.39 is 5.41 Å². The van der Waals surface area contributed by atoms with Gasteiger partial charge in [-0.1, -0.05) is 43.6 Å². The maximum atomic E-state index is 12.0. The predicted octanol–water partition coefficient (Wildman–Crippen LogP) is 2.50. The quantitative estimate of drug-likeness (QED) is 0.780. The van der Waals surface area contributed by atoms with E-state index in [0.717, 1.165) is 5.56 Å². The molecule has 1 aliphatic rings. The van der Waals surface area contributed by atoms with Crippen LogP contribution in [0, 0.1) is 5.41 Å². The SMILES string of the molecule is CC1(C)CC(=O)NC(=O)C1c1ccccc1Cl. The first-order valence-corrected chi connectivity index (χ1v) is 5.88. The lowest BCUT2D eigenvalue weighted by Crippen LogP contribution is -2.48. The normalized spacial score (nSPS) is 23.4. The van der Waals surface area contributed by atoms with Gasteiger partial charge in [0.15, 0.2) is 0 Å². The molecule has 1 atom stereocenters. The first-order valence-electron chi connectivity index (χ1n) is 5.50. The van der Waals surface area contributed by atoms with Crippen molar-refractivity contribution >= 4 is 23.4 Å². The van der Waals surface area contributed by atoms with Crippen molar-refractivity contribution < 1.29 is 9.59 Å². The molecule has 1 aliphatic heterocycles. The van der Waals surface area contributed by atoms with Crippen molar-refractivity contribution in [2.45, 2.75) is 26.2 Å². The van der Waals surface area contributed by atoms with Crippen molar-refractivity contribution in [2.75, 3.05) is 0 Å². The van der Waals surface area contributed by atoms with Crippen LogP contribution in [0.4, 0.5) is 0 Å². The summed E-state index contributed by atoms with van der Waals surface area (Å²) in [6.45, 7) is 3.83. The molecule has 3 nitrogen and oxygen atoms in total. The van der Waals surface area contributed by atoms with Gasteiger partial charge in [-0.15, -0.1) is 0 Å². The van der Waals surface area contributed by atoms with Crippen LogP contribution in [-0.2, 0) is 9.59 Å². The Morgan fingerprint density at radius 2 is 1.94 bits per heavy atom. The van der Waals surface area contributed by atoms with Crippen LogP contribution in [0.15, 0.2) is 24.3 Å². The summed E-state index contributed by atoms with van der Waals surface area (Å²) in [4.78, 5) is 23.4. The van der Waals surface area contributed by atoms with E-state index in [1.165, 1.54) is 0 Å². The summed E-state index contributed by atoms with van der Waals surface area (Å²) < 4.78 is 0. The van der Waals surface area contributed by atoms with E-state index in [1.807, 2.05) is 32.0 Å². The average Bonchev–Trinajstić information content (AvgIpc) is 2.18. The molecule has 1 fully saturated rings. The molecule has 0 saturated carbocycles.